The number of hydrogen-bond acceptors (Lipinski definition) is 1. The van der Waals surface area contributed by atoms with Crippen LogP contribution < -0.4 is 0 Å². The molecule has 0 fully saturated rings. The molecule has 3 rings (SSSR count). The van der Waals surface area contributed by atoms with Crippen molar-refractivity contribution in [2.24, 2.45) is 0 Å². The molecule has 78 valence electrons. The molecule has 1 heteroatoms. The fourth-order valence-corrected chi connectivity index (χ4v) is 3.10. The summed E-state index contributed by atoms with van der Waals surface area (Å²) in [5.41, 5.74) is 4.52. The third-order valence-corrected chi connectivity index (χ3v) is 3.69. The fourth-order valence-electron chi connectivity index (χ4n) is 3.10. The zero-order valence-electron chi connectivity index (χ0n) is 9.57. The van der Waals surface area contributed by atoms with Gasteiger partial charge < -0.3 is 0 Å². The van der Waals surface area contributed by atoms with E-state index in [2.05, 4.69) is 56.0 Å². The van der Waals surface area contributed by atoms with Gasteiger partial charge in [0.15, 0.2) is 0 Å². The third-order valence-electron chi connectivity index (χ3n) is 3.69. The molecule has 1 aromatic carbocycles. The van der Waals surface area contributed by atoms with Crippen LogP contribution in [0.1, 0.15) is 42.6 Å². The molecule has 1 aromatic rings. The number of benzene rings is 1. The summed E-state index contributed by atoms with van der Waals surface area (Å²) in [5.74, 6) is 0. The molecule has 0 N–H and O–H groups in total. The Labute approximate surface area is 91.4 Å². The van der Waals surface area contributed by atoms with E-state index in [0.29, 0.717) is 18.1 Å². The first-order valence-corrected chi connectivity index (χ1v) is 5.75. The second-order valence-corrected chi connectivity index (χ2v) is 4.89. The first-order valence-electron chi connectivity index (χ1n) is 5.75. The van der Waals surface area contributed by atoms with E-state index in [9.17, 15) is 0 Å². The summed E-state index contributed by atoms with van der Waals surface area (Å²) < 4.78 is 0. The van der Waals surface area contributed by atoms with Gasteiger partial charge in [0, 0.05) is 6.04 Å². The first kappa shape index (κ1) is 9.17. The molecule has 2 atom stereocenters. The lowest BCUT2D eigenvalue weighted by molar-refractivity contribution is 0.188. The largest absolute Gasteiger partial charge is 0.280 e. The van der Waals surface area contributed by atoms with Crippen LogP contribution in [-0.4, -0.2) is 10.9 Å². The average molecular weight is 199 g/mol. The number of hydrogen-bond donors (Lipinski definition) is 0. The number of aryl methyl sites for hydroxylation is 1. The van der Waals surface area contributed by atoms with Gasteiger partial charge in [-0.15, -0.1) is 0 Å². The third kappa shape index (κ3) is 1.07. The van der Waals surface area contributed by atoms with Crippen molar-refractivity contribution in [2.45, 2.75) is 38.9 Å². The van der Waals surface area contributed by atoms with Crippen molar-refractivity contribution in [3.8, 4) is 0 Å². The van der Waals surface area contributed by atoms with Crippen LogP contribution in [0.5, 0.6) is 0 Å². The van der Waals surface area contributed by atoms with Crippen molar-refractivity contribution in [2.75, 3.05) is 0 Å². The van der Waals surface area contributed by atoms with E-state index in [-0.39, 0.29) is 0 Å². The zero-order valence-corrected chi connectivity index (χ0v) is 9.57. The maximum absolute atomic E-state index is 2.59. The van der Waals surface area contributed by atoms with Crippen LogP contribution >= 0.6 is 0 Å². The van der Waals surface area contributed by atoms with Gasteiger partial charge in [-0.25, -0.2) is 0 Å². The predicted molar refractivity (Wildman–Crippen MR) is 62.8 cm³/mol. The van der Waals surface area contributed by atoms with Crippen molar-refractivity contribution in [1.29, 1.82) is 0 Å². The van der Waals surface area contributed by atoms with Crippen LogP contribution in [0, 0.1) is 6.92 Å². The van der Waals surface area contributed by atoms with Crippen LogP contribution in [0.3, 0.4) is 0 Å². The smallest absolute Gasteiger partial charge is 0.0549 e. The molecule has 2 aliphatic rings. The highest BCUT2D eigenvalue weighted by molar-refractivity contribution is 5.50. The quantitative estimate of drug-likeness (QED) is 0.627. The van der Waals surface area contributed by atoms with E-state index in [1.54, 1.807) is 5.56 Å². The van der Waals surface area contributed by atoms with Gasteiger partial charge in [0.1, 0.15) is 0 Å². The molecular formula is C14H17N. The molecule has 2 bridgehead atoms. The topological polar surface area (TPSA) is 3.24 Å². The van der Waals surface area contributed by atoms with Gasteiger partial charge in [-0.3, -0.25) is 4.90 Å². The van der Waals surface area contributed by atoms with Crippen molar-refractivity contribution < 1.29 is 0 Å². The van der Waals surface area contributed by atoms with Crippen molar-refractivity contribution in [3.05, 3.63) is 47.0 Å². The number of nitrogens with zero attached hydrogens (tertiary/aromatic N) is 1. The SMILES string of the molecule is Cc1cccc2c1C1C=CC2N1C(C)C. The maximum Gasteiger partial charge on any atom is 0.0549 e. The van der Waals surface area contributed by atoms with Gasteiger partial charge in [0.2, 0.25) is 0 Å². The Kier molecular flexibility index (Phi) is 1.81. The lowest BCUT2D eigenvalue weighted by Gasteiger charge is -2.26. The zero-order chi connectivity index (χ0) is 10.6. The van der Waals surface area contributed by atoms with Crippen molar-refractivity contribution >= 4 is 0 Å². The molecule has 1 nitrogen and oxygen atoms in total. The highest BCUT2D eigenvalue weighted by Gasteiger charge is 2.41. The Morgan fingerprint density at radius 1 is 1.13 bits per heavy atom. The van der Waals surface area contributed by atoms with Gasteiger partial charge >= 0.3 is 0 Å². The van der Waals surface area contributed by atoms with E-state index in [1.165, 1.54) is 11.1 Å². The average Bonchev–Trinajstić information content (AvgIpc) is 2.73. The van der Waals surface area contributed by atoms with Crippen LogP contribution in [0.25, 0.3) is 0 Å². The molecule has 0 saturated heterocycles. The number of fused-ring (bicyclic) bond motifs is 5. The Hall–Kier alpha value is -1.08. The van der Waals surface area contributed by atoms with Crippen molar-refractivity contribution in [3.63, 3.8) is 0 Å². The monoisotopic (exact) mass is 199 g/mol. The van der Waals surface area contributed by atoms with Gasteiger partial charge in [-0.1, -0.05) is 30.4 Å². The summed E-state index contributed by atoms with van der Waals surface area (Å²) in [6, 6.07) is 8.37. The summed E-state index contributed by atoms with van der Waals surface area (Å²) in [6.45, 7) is 6.80. The molecule has 0 radical (unpaired) electrons. The lowest BCUT2D eigenvalue weighted by atomic mass is 9.93. The molecule has 0 saturated carbocycles. The van der Waals surface area contributed by atoms with Crippen LogP contribution in [-0.2, 0) is 0 Å². The predicted octanol–water partition coefficient (Wildman–Crippen LogP) is 3.37. The van der Waals surface area contributed by atoms with Crippen LogP contribution in [0.2, 0.25) is 0 Å². The van der Waals surface area contributed by atoms with Gasteiger partial charge in [0.25, 0.3) is 0 Å². The Morgan fingerprint density at radius 3 is 2.53 bits per heavy atom. The van der Waals surface area contributed by atoms with Crippen molar-refractivity contribution in [1.82, 2.24) is 4.90 Å². The molecule has 2 aliphatic heterocycles. The molecule has 0 aliphatic carbocycles. The first-order chi connectivity index (χ1) is 7.20. The second-order valence-electron chi connectivity index (χ2n) is 4.89. The highest BCUT2D eigenvalue weighted by atomic mass is 15.2. The summed E-state index contributed by atoms with van der Waals surface area (Å²) in [4.78, 5) is 2.59. The summed E-state index contributed by atoms with van der Waals surface area (Å²) >= 11 is 0. The molecule has 2 heterocycles. The summed E-state index contributed by atoms with van der Waals surface area (Å²) in [6.07, 6.45) is 4.71. The van der Waals surface area contributed by atoms with Crippen LogP contribution in [0.15, 0.2) is 30.4 Å². The van der Waals surface area contributed by atoms with E-state index in [1.807, 2.05) is 0 Å². The molecule has 0 spiro atoms. The normalized spacial score (nSPS) is 27.7. The Balaban J connectivity index is 2.15. The van der Waals surface area contributed by atoms with Crippen LogP contribution in [0.4, 0.5) is 0 Å². The van der Waals surface area contributed by atoms with Gasteiger partial charge in [-0.2, -0.15) is 0 Å². The maximum atomic E-state index is 2.59. The fraction of sp³-hybridized carbons (Fsp3) is 0.429. The summed E-state index contributed by atoms with van der Waals surface area (Å²) in [5, 5.41) is 0. The van der Waals surface area contributed by atoms with Gasteiger partial charge in [-0.05, 0) is 37.5 Å². The summed E-state index contributed by atoms with van der Waals surface area (Å²) in [7, 11) is 0. The minimum absolute atomic E-state index is 0.532. The minimum atomic E-state index is 0.532. The lowest BCUT2D eigenvalue weighted by Crippen LogP contribution is -2.28. The molecule has 2 unspecified atom stereocenters. The second kappa shape index (κ2) is 2.96. The van der Waals surface area contributed by atoms with E-state index in [4.69, 9.17) is 0 Å². The van der Waals surface area contributed by atoms with E-state index in [0.717, 1.165) is 0 Å². The molecule has 0 aromatic heterocycles. The van der Waals surface area contributed by atoms with E-state index < -0.39 is 0 Å². The molecule has 0 amide bonds. The Bertz CT molecular complexity index is 431. The highest BCUT2D eigenvalue weighted by Crippen LogP contribution is 2.50. The van der Waals surface area contributed by atoms with Gasteiger partial charge in [0.05, 0.1) is 12.1 Å². The molecule has 15 heavy (non-hydrogen) atoms. The molecular weight excluding hydrogens is 182 g/mol. The minimum Gasteiger partial charge on any atom is -0.280 e. The Morgan fingerprint density at radius 2 is 1.87 bits per heavy atom. The number of rotatable bonds is 1. The standard InChI is InChI=1S/C14H17N/c1-9(2)15-12-7-8-13(15)14-10(3)5-4-6-11(12)14/h4-9,12-13H,1-3H3. The van der Waals surface area contributed by atoms with E-state index >= 15 is 0 Å².